The smallest absolute Gasteiger partial charge is 0.248 e. The highest BCUT2D eigenvalue weighted by molar-refractivity contribution is 5.95. The molecule has 3 rings (SSSR count). The minimum atomic E-state index is -0.123. The van der Waals surface area contributed by atoms with Gasteiger partial charge in [-0.3, -0.25) is 14.5 Å². The van der Waals surface area contributed by atoms with Crippen molar-refractivity contribution in [2.24, 2.45) is 5.92 Å². The summed E-state index contributed by atoms with van der Waals surface area (Å²) in [7, 11) is 3.19. The van der Waals surface area contributed by atoms with Crippen molar-refractivity contribution < 1.29 is 14.3 Å². The zero-order valence-corrected chi connectivity index (χ0v) is 14.5. The Morgan fingerprint density at radius 1 is 1.33 bits per heavy atom. The number of methoxy groups -OCH3 is 1. The molecule has 130 valence electrons. The largest absolute Gasteiger partial charge is 0.375 e. The van der Waals surface area contributed by atoms with Gasteiger partial charge in [0.2, 0.25) is 11.8 Å². The molecule has 0 radical (unpaired) electrons. The van der Waals surface area contributed by atoms with E-state index in [-0.39, 0.29) is 18.4 Å². The number of fused-ring (bicyclic) bond motifs is 1. The van der Waals surface area contributed by atoms with E-state index in [1.807, 2.05) is 11.8 Å². The second kappa shape index (κ2) is 6.84. The molecule has 24 heavy (non-hydrogen) atoms. The summed E-state index contributed by atoms with van der Waals surface area (Å²) in [6.07, 6.45) is 3.59. The van der Waals surface area contributed by atoms with Crippen LogP contribution in [0.1, 0.15) is 36.3 Å². The standard InChI is InChI=1S/C17H24N4O3/c1-11-13-6-7-15(22)21(8-12-4-5-12)17(13)19-14(18-11)9-20(2)16(23)10-24-3/h12H,4-10H2,1-3H3. The van der Waals surface area contributed by atoms with Crippen molar-refractivity contribution in [2.75, 3.05) is 32.2 Å². The van der Waals surface area contributed by atoms with E-state index < -0.39 is 0 Å². The molecule has 1 aliphatic carbocycles. The number of likely N-dealkylation sites (N-methyl/N-ethyl adjacent to an activating group) is 1. The van der Waals surface area contributed by atoms with Crippen LogP contribution in [-0.2, 0) is 27.3 Å². The first kappa shape index (κ1) is 16.8. The average Bonchev–Trinajstić information content (AvgIpc) is 3.34. The van der Waals surface area contributed by atoms with Gasteiger partial charge in [0.15, 0.2) is 0 Å². The molecule has 1 saturated carbocycles. The van der Waals surface area contributed by atoms with Gasteiger partial charge in [0, 0.05) is 38.4 Å². The molecule has 0 atom stereocenters. The first-order valence-corrected chi connectivity index (χ1v) is 8.39. The number of hydrogen-bond acceptors (Lipinski definition) is 5. The second-order valence-corrected chi connectivity index (χ2v) is 6.66. The fourth-order valence-corrected chi connectivity index (χ4v) is 2.99. The number of ether oxygens (including phenoxy) is 1. The Labute approximate surface area is 142 Å². The number of hydrogen-bond donors (Lipinski definition) is 0. The summed E-state index contributed by atoms with van der Waals surface area (Å²) in [4.78, 5) is 36.8. The van der Waals surface area contributed by atoms with E-state index in [9.17, 15) is 9.59 Å². The van der Waals surface area contributed by atoms with E-state index in [2.05, 4.69) is 9.97 Å². The minimum Gasteiger partial charge on any atom is -0.375 e. The van der Waals surface area contributed by atoms with E-state index in [4.69, 9.17) is 4.74 Å². The molecule has 0 bridgehead atoms. The fourth-order valence-electron chi connectivity index (χ4n) is 2.99. The molecular formula is C17H24N4O3. The zero-order valence-electron chi connectivity index (χ0n) is 14.5. The summed E-state index contributed by atoms with van der Waals surface area (Å²) < 4.78 is 4.87. The van der Waals surface area contributed by atoms with Crippen molar-refractivity contribution >= 4 is 17.6 Å². The molecule has 0 unspecified atom stereocenters. The maximum absolute atomic E-state index is 12.3. The van der Waals surface area contributed by atoms with Crippen LogP contribution in [0.5, 0.6) is 0 Å². The van der Waals surface area contributed by atoms with Crippen LogP contribution >= 0.6 is 0 Å². The minimum absolute atomic E-state index is 0.0344. The molecule has 0 aromatic carbocycles. The molecule has 0 saturated heterocycles. The topological polar surface area (TPSA) is 75.6 Å². The van der Waals surface area contributed by atoms with Gasteiger partial charge >= 0.3 is 0 Å². The number of carbonyl (C=O) groups is 2. The van der Waals surface area contributed by atoms with Crippen molar-refractivity contribution in [1.82, 2.24) is 14.9 Å². The number of nitrogens with zero attached hydrogens (tertiary/aromatic N) is 4. The quantitative estimate of drug-likeness (QED) is 0.779. The third-order valence-corrected chi connectivity index (χ3v) is 4.59. The summed E-state index contributed by atoms with van der Waals surface area (Å²) in [6, 6.07) is 0. The van der Waals surface area contributed by atoms with Gasteiger partial charge in [-0.1, -0.05) is 0 Å². The molecule has 2 amide bonds. The Morgan fingerprint density at radius 3 is 2.75 bits per heavy atom. The SMILES string of the molecule is COCC(=O)N(C)Cc1nc(C)c2c(n1)N(CC1CC1)C(=O)CC2. The molecule has 0 N–H and O–H groups in total. The highest BCUT2D eigenvalue weighted by Gasteiger charge is 2.33. The van der Waals surface area contributed by atoms with Crippen LogP contribution in [0.25, 0.3) is 0 Å². The van der Waals surface area contributed by atoms with Crippen molar-refractivity contribution in [2.45, 2.75) is 39.2 Å². The monoisotopic (exact) mass is 332 g/mol. The van der Waals surface area contributed by atoms with Crippen LogP contribution in [0.4, 0.5) is 5.82 Å². The number of rotatable bonds is 6. The molecule has 2 aliphatic rings. The van der Waals surface area contributed by atoms with Gasteiger partial charge in [0.1, 0.15) is 18.2 Å². The van der Waals surface area contributed by atoms with Gasteiger partial charge in [-0.2, -0.15) is 0 Å². The first-order chi connectivity index (χ1) is 11.5. The van der Waals surface area contributed by atoms with E-state index in [0.29, 0.717) is 31.1 Å². The number of aromatic nitrogens is 2. The van der Waals surface area contributed by atoms with Crippen molar-refractivity contribution in [3.05, 3.63) is 17.1 Å². The van der Waals surface area contributed by atoms with Gasteiger partial charge < -0.3 is 9.64 Å². The van der Waals surface area contributed by atoms with Gasteiger partial charge in [0.25, 0.3) is 0 Å². The number of aryl methyl sites for hydroxylation is 1. The van der Waals surface area contributed by atoms with Crippen LogP contribution in [0.3, 0.4) is 0 Å². The molecule has 7 nitrogen and oxygen atoms in total. The molecular weight excluding hydrogens is 308 g/mol. The molecule has 2 heterocycles. The van der Waals surface area contributed by atoms with Crippen molar-refractivity contribution in [1.29, 1.82) is 0 Å². The van der Waals surface area contributed by atoms with Crippen LogP contribution in [0, 0.1) is 12.8 Å². The summed E-state index contributed by atoms with van der Waals surface area (Å²) in [5.41, 5.74) is 1.96. The van der Waals surface area contributed by atoms with E-state index in [0.717, 1.165) is 23.6 Å². The molecule has 1 aromatic rings. The normalized spacial score (nSPS) is 17.0. The number of carbonyl (C=O) groups excluding carboxylic acids is 2. The summed E-state index contributed by atoms with van der Waals surface area (Å²) in [6.45, 7) is 3.04. The van der Waals surface area contributed by atoms with E-state index in [1.54, 1.807) is 11.9 Å². The van der Waals surface area contributed by atoms with Gasteiger partial charge in [-0.15, -0.1) is 0 Å². The maximum atomic E-state index is 12.3. The highest BCUT2D eigenvalue weighted by Crippen LogP contribution is 2.35. The van der Waals surface area contributed by atoms with Gasteiger partial charge in [-0.25, -0.2) is 9.97 Å². The predicted octanol–water partition coefficient (Wildman–Crippen LogP) is 1.08. The molecule has 7 heteroatoms. The Morgan fingerprint density at radius 2 is 2.08 bits per heavy atom. The third-order valence-electron chi connectivity index (χ3n) is 4.59. The summed E-state index contributed by atoms with van der Waals surface area (Å²) >= 11 is 0. The Kier molecular flexibility index (Phi) is 4.80. The fraction of sp³-hybridized carbons (Fsp3) is 0.647. The Bertz CT molecular complexity index is 657. The van der Waals surface area contributed by atoms with Gasteiger partial charge in [-0.05, 0) is 32.1 Å². The van der Waals surface area contributed by atoms with E-state index >= 15 is 0 Å². The van der Waals surface area contributed by atoms with E-state index in [1.165, 1.54) is 20.0 Å². The lowest BCUT2D eigenvalue weighted by Crippen LogP contribution is -2.38. The third kappa shape index (κ3) is 3.56. The highest BCUT2D eigenvalue weighted by atomic mass is 16.5. The van der Waals surface area contributed by atoms with Crippen LogP contribution in [-0.4, -0.2) is 54.0 Å². The Hall–Kier alpha value is -2.02. The summed E-state index contributed by atoms with van der Waals surface area (Å²) in [5, 5.41) is 0. The first-order valence-electron chi connectivity index (χ1n) is 8.39. The molecule has 0 spiro atoms. The molecule has 1 aliphatic heterocycles. The lowest BCUT2D eigenvalue weighted by atomic mass is 10.0. The second-order valence-electron chi connectivity index (χ2n) is 6.66. The zero-order chi connectivity index (χ0) is 17.3. The number of amides is 2. The molecule has 1 fully saturated rings. The van der Waals surface area contributed by atoms with Crippen LogP contribution in [0.15, 0.2) is 0 Å². The maximum Gasteiger partial charge on any atom is 0.248 e. The Balaban J connectivity index is 1.85. The van der Waals surface area contributed by atoms with Crippen LogP contribution < -0.4 is 4.90 Å². The average molecular weight is 332 g/mol. The van der Waals surface area contributed by atoms with Crippen molar-refractivity contribution in [3.8, 4) is 0 Å². The lowest BCUT2D eigenvalue weighted by molar-refractivity contribution is -0.134. The predicted molar refractivity (Wildman–Crippen MR) is 88.5 cm³/mol. The lowest BCUT2D eigenvalue weighted by Gasteiger charge is -2.29. The van der Waals surface area contributed by atoms with Crippen LogP contribution in [0.2, 0.25) is 0 Å². The number of anilines is 1. The van der Waals surface area contributed by atoms with Crippen molar-refractivity contribution in [3.63, 3.8) is 0 Å². The molecule has 1 aromatic heterocycles. The van der Waals surface area contributed by atoms with Gasteiger partial charge in [0.05, 0.1) is 6.54 Å². The summed E-state index contributed by atoms with van der Waals surface area (Å²) in [5.74, 6) is 1.93.